The Kier molecular flexibility index (Phi) is 5.45. The van der Waals surface area contributed by atoms with E-state index in [2.05, 4.69) is 4.98 Å². The number of ether oxygens (including phenoxy) is 1. The summed E-state index contributed by atoms with van der Waals surface area (Å²) in [4.78, 5) is 29.4. The summed E-state index contributed by atoms with van der Waals surface area (Å²) >= 11 is 12.5. The summed E-state index contributed by atoms with van der Waals surface area (Å²) in [6, 6.07) is 7.02. The average molecular weight is 409 g/mol. The molecule has 26 heavy (non-hydrogen) atoms. The van der Waals surface area contributed by atoms with Gasteiger partial charge in [0.25, 0.3) is 5.91 Å². The van der Waals surface area contributed by atoms with Gasteiger partial charge < -0.3 is 9.84 Å². The lowest BCUT2D eigenvalue weighted by atomic mass is 10.2. The number of benzene rings is 1. The van der Waals surface area contributed by atoms with E-state index in [-0.39, 0.29) is 18.9 Å². The second kappa shape index (κ2) is 7.61. The van der Waals surface area contributed by atoms with E-state index in [1.807, 2.05) is 6.07 Å². The second-order valence-electron chi connectivity index (χ2n) is 5.36. The van der Waals surface area contributed by atoms with Crippen molar-refractivity contribution in [2.75, 3.05) is 13.7 Å². The molecule has 2 aromatic rings. The summed E-state index contributed by atoms with van der Waals surface area (Å²) in [5.41, 5.74) is 1.15. The summed E-state index contributed by atoms with van der Waals surface area (Å²) in [5.74, 6) is -0.724. The van der Waals surface area contributed by atoms with E-state index in [1.54, 1.807) is 31.4 Å². The minimum atomic E-state index is -0.983. The number of aliphatic carboxylic acids is 1. The van der Waals surface area contributed by atoms with Gasteiger partial charge in [0.05, 0.1) is 29.2 Å². The minimum absolute atomic E-state index is 0.0475. The van der Waals surface area contributed by atoms with Crippen LogP contribution in [0.4, 0.5) is 0 Å². The summed E-state index contributed by atoms with van der Waals surface area (Å²) in [6.07, 6.45) is 1.46. The largest absolute Gasteiger partial charge is 0.494 e. The lowest BCUT2D eigenvalue weighted by Crippen LogP contribution is -2.30. The van der Waals surface area contributed by atoms with Crippen molar-refractivity contribution in [2.45, 2.75) is 6.42 Å². The number of methoxy groups -OCH3 is 1. The molecule has 0 saturated carbocycles. The fraction of sp³-hybridized carbons (Fsp3) is 0.176. The Bertz CT molecular complexity index is 961. The third kappa shape index (κ3) is 3.67. The number of carbonyl (C=O) groups is 2. The van der Waals surface area contributed by atoms with Crippen LogP contribution < -0.4 is 4.74 Å². The Morgan fingerprint density at radius 3 is 2.88 bits per heavy atom. The fourth-order valence-electron chi connectivity index (χ4n) is 2.45. The number of aromatic nitrogens is 1. The summed E-state index contributed by atoms with van der Waals surface area (Å²) < 4.78 is 5.66. The van der Waals surface area contributed by atoms with Gasteiger partial charge in [-0.3, -0.25) is 14.5 Å². The predicted molar refractivity (Wildman–Crippen MR) is 105 cm³/mol. The molecule has 0 radical (unpaired) electrons. The molecule has 1 amide bonds. The van der Waals surface area contributed by atoms with Gasteiger partial charge in [-0.1, -0.05) is 35.6 Å². The van der Waals surface area contributed by atoms with Crippen molar-refractivity contribution in [3.05, 3.63) is 39.9 Å². The number of pyridine rings is 1. The molecule has 134 valence electrons. The number of carbonyl (C=O) groups excluding carboxylic acids is 1. The molecule has 1 aromatic heterocycles. The van der Waals surface area contributed by atoms with Crippen LogP contribution in [-0.4, -0.2) is 44.8 Å². The number of carboxylic acids is 1. The van der Waals surface area contributed by atoms with Crippen molar-refractivity contribution >= 4 is 68.8 Å². The molecule has 0 spiro atoms. The van der Waals surface area contributed by atoms with Gasteiger partial charge in [-0.2, -0.15) is 0 Å². The molecule has 1 saturated heterocycles. The second-order valence-corrected chi connectivity index (χ2v) is 7.44. The molecule has 1 aromatic carbocycles. The van der Waals surface area contributed by atoms with Gasteiger partial charge >= 0.3 is 5.97 Å². The van der Waals surface area contributed by atoms with E-state index < -0.39 is 5.97 Å². The summed E-state index contributed by atoms with van der Waals surface area (Å²) in [5, 5.41) is 10.1. The highest BCUT2D eigenvalue weighted by Gasteiger charge is 2.32. The highest BCUT2D eigenvalue weighted by atomic mass is 35.5. The minimum Gasteiger partial charge on any atom is -0.494 e. The molecule has 0 bridgehead atoms. The SMILES string of the molecule is COc1ccc(Cl)c2ccc(C=C3SC(=S)N(CCC(=O)O)C3=O)nc12. The van der Waals surface area contributed by atoms with Crippen LogP contribution in [-0.2, 0) is 9.59 Å². The molecule has 0 unspecified atom stereocenters. The average Bonchev–Trinajstić information content (AvgIpc) is 2.87. The van der Waals surface area contributed by atoms with Crippen LogP contribution in [0.25, 0.3) is 17.0 Å². The van der Waals surface area contributed by atoms with Crippen LogP contribution in [0.15, 0.2) is 29.2 Å². The highest BCUT2D eigenvalue weighted by molar-refractivity contribution is 8.26. The first kappa shape index (κ1) is 18.6. The molecule has 6 nitrogen and oxygen atoms in total. The normalized spacial score (nSPS) is 15.9. The maximum absolute atomic E-state index is 12.5. The van der Waals surface area contributed by atoms with E-state index in [1.165, 1.54) is 4.90 Å². The molecule has 9 heteroatoms. The number of hydrogen-bond donors (Lipinski definition) is 1. The third-order valence-electron chi connectivity index (χ3n) is 3.71. The number of halogens is 1. The number of hydrogen-bond acceptors (Lipinski definition) is 6. The van der Waals surface area contributed by atoms with Crippen LogP contribution in [0.3, 0.4) is 0 Å². The van der Waals surface area contributed by atoms with Crippen LogP contribution in [0.2, 0.25) is 5.02 Å². The number of thioether (sulfide) groups is 1. The number of amides is 1. The van der Waals surface area contributed by atoms with Gasteiger partial charge in [-0.05, 0) is 30.3 Å². The van der Waals surface area contributed by atoms with Gasteiger partial charge in [0.2, 0.25) is 0 Å². The lowest BCUT2D eigenvalue weighted by molar-refractivity contribution is -0.137. The maximum atomic E-state index is 12.5. The van der Waals surface area contributed by atoms with Crippen molar-refractivity contribution in [1.82, 2.24) is 9.88 Å². The molecular weight excluding hydrogens is 396 g/mol. The van der Waals surface area contributed by atoms with Crippen LogP contribution in [0, 0.1) is 0 Å². The van der Waals surface area contributed by atoms with Crippen LogP contribution >= 0.6 is 35.6 Å². The molecule has 3 rings (SSSR count). The number of fused-ring (bicyclic) bond motifs is 1. The Hall–Kier alpha value is -2.16. The molecule has 1 aliphatic heterocycles. The molecule has 2 heterocycles. The smallest absolute Gasteiger partial charge is 0.305 e. The van der Waals surface area contributed by atoms with E-state index >= 15 is 0 Å². The van der Waals surface area contributed by atoms with Crippen molar-refractivity contribution in [1.29, 1.82) is 0 Å². The fourth-order valence-corrected chi connectivity index (χ4v) is 3.96. The highest BCUT2D eigenvalue weighted by Crippen LogP contribution is 2.34. The number of carboxylic acid groups (broad SMARTS) is 1. The Morgan fingerprint density at radius 2 is 2.19 bits per heavy atom. The first-order chi connectivity index (χ1) is 12.4. The third-order valence-corrected chi connectivity index (χ3v) is 5.42. The predicted octanol–water partition coefficient (Wildman–Crippen LogP) is 3.57. The van der Waals surface area contributed by atoms with E-state index in [0.29, 0.717) is 31.2 Å². The van der Waals surface area contributed by atoms with E-state index in [0.717, 1.165) is 17.1 Å². The zero-order chi connectivity index (χ0) is 18.8. The van der Waals surface area contributed by atoms with Crippen molar-refractivity contribution in [3.63, 3.8) is 0 Å². The van der Waals surface area contributed by atoms with Gasteiger partial charge in [-0.15, -0.1) is 0 Å². The first-order valence-electron chi connectivity index (χ1n) is 7.51. The molecular formula is C17H13ClN2O4S2. The zero-order valence-electron chi connectivity index (χ0n) is 13.6. The van der Waals surface area contributed by atoms with Gasteiger partial charge in [0.1, 0.15) is 15.6 Å². The molecule has 1 fully saturated rings. The Balaban J connectivity index is 1.94. The number of thiocarbonyl (C=S) groups is 1. The molecule has 1 aliphatic rings. The van der Waals surface area contributed by atoms with Crippen molar-refractivity contribution < 1.29 is 19.4 Å². The number of nitrogens with zero attached hydrogens (tertiary/aromatic N) is 2. The van der Waals surface area contributed by atoms with E-state index in [9.17, 15) is 9.59 Å². The molecule has 1 N–H and O–H groups in total. The van der Waals surface area contributed by atoms with Gasteiger partial charge in [0, 0.05) is 11.9 Å². The van der Waals surface area contributed by atoms with Crippen molar-refractivity contribution in [2.24, 2.45) is 0 Å². The first-order valence-corrected chi connectivity index (χ1v) is 9.11. The van der Waals surface area contributed by atoms with Crippen molar-refractivity contribution in [3.8, 4) is 5.75 Å². The zero-order valence-corrected chi connectivity index (χ0v) is 16.0. The maximum Gasteiger partial charge on any atom is 0.305 e. The quantitative estimate of drug-likeness (QED) is 0.598. The standard InChI is InChI=1S/C17H13ClN2O4S2/c1-24-12-5-4-11(18)10-3-2-9(19-15(10)12)8-13-16(23)20(17(25)26-13)7-6-14(21)22/h2-5,8H,6-7H2,1H3,(H,21,22). The lowest BCUT2D eigenvalue weighted by Gasteiger charge is -2.12. The number of rotatable bonds is 5. The van der Waals surface area contributed by atoms with Crippen LogP contribution in [0.1, 0.15) is 12.1 Å². The van der Waals surface area contributed by atoms with E-state index in [4.69, 9.17) is 33.7 Å². The topological polar surface area (TPSA) is 79.7 Å². The monoisotopic (exact) mass is 408 g/mol. The van der Waals surface area contributed by atoms with Gasteiger partial charge in [0.15, 0.2) is 0 Å². The molecule has 0 aliphatic carbocycles. The Labute approximate surface area is 163 Å². The Morgan fingerprint density at radius 1 is 1.42 bits per heavy atom. The summed E-state index contributed by atoms with van der Waals surface area (Å²) in [6.45, 7) is 0.0475. The summed E-state index contributed by atoms with van der Waals surface area (Å²) in [7, 11) is 1.55. The van der Waals surface area contributed by atoms with Gasteiger partial charge in [-0.25, -0.2) is 4.98 Å². The molecule has 0 atom stereocenters. The van der Waals surface area contributed by atoms with Crippen LogP contribution in [0.5, 0.6) is 5.75 Å².